The number of halogens is 1. The van der Waals surface area contributed by atoms with Crippen LogP contribution < -0.4 is 10.6 Å². The van der Waals surface area contributed by atoms with Gasteiger partial charge in [-0.15, -0.1) is 0 Å². The molecule has 3 rings (SSSR count). The number of amides is 1. The number of nitrogens with one attached hydrogen (secondary N) is 2. The molecule has 5 nitrogen and oxygen atoms in total. The Morgan fingerprint density at radius 3 is 3.16 bits per heavy atom. The first-order chi connectivity index (χ1) is 9.15. The fraction of sp³-hybridized carbons (Fsp3) is 0.385. The summed E-state index contributed by atoms with van der Waals surface area (Å²) in [5.74, 6) is 0.0246. The van der Waals surface area contributed by atoms with Crippen molar-refractivity contribution in [3.05, 3.63) is 24.0 Å². The molecule has 1 atom stereocenters. The summed E-state index contributed by atoms with van der Waals surface area (Å²) >= 11 is 0. The highest BCUT2D eigenvalue weighted by molar-refractivity contribution is 5.95. The second kappa shape index (κ2) is 4.62. The van der Waals surface area contributed by atoms with Gasteiger partial charge in [-0.05, 0) is 31.5 Å². The molecule has 100 valence electrons. The number of anilines is 1. The minimum atomic E-state index is -0.332. The molecule has 1 aliphatic heterocycles. The van der Waals surface area contributed by atoms with Gasteiger partial charge in [-0.3, -0.25) is 10.1 Å². The van der Waals surface area contributed by atoms with E-state index in [1.165, 1.54) is 12.1 Å². The number of imidazole rings is 1. The Labute approximate surface area is 109 Å². The van der Waals surface area contributed by atoms with E-state index in [1.54, 1.807) is 17.7 Å². The third kappa shape index (κ3) is 2.19. The van der Waals surface area contributed by atoms with Crippen LogP contribution in [0.1, 0.15) is 12.8 Å². The molecule has 2 heterocycles. The maximum atomic E-state index is 13.1. The van der Waals surface area contributed by atoms with Gasteiger partial charge >= 0.3 is 0 Å². The topological polar surface area (TPSA) is 59.0 Å². The minimum absolute atomic E-state index is 0.0867. The molecule has 1 saturated heterocycles. The number of rotatable bonds is 2. The first-order valence-corrected chi connectivity index (χ1v) is 6.31. The van der Waals surface area contributed by atoms with E-state index in [9.17, 15) is 9.18 Å². The van der Waals surface area contributed by atoms with Gasteiger partial charge in [0, 0.05) is 13.1 Å². The standard InChI is InChI=1S/C13H15FN4O/c1-18-11-5-4-8(14)7-10(11)16-13(18)17-12(19)9-3-2-6-15-9/h4-5,7,9,15H,2-3,6H2,1H3,(H,16,17,19). The summed E-state index contributed by atoms with van der Waals surface area (Å²) < 4.78 is 14.9. The third-order valence-corrected chi connectivity index (χ3v) is 3.45. The van der Waals surface area contributed by atoms with Crippen LogP contribution in [0, 0.1) is 5.82 Å². The molecule has 0 spiro atoms. The molecule has 19 heavy (non-hydrogen) atoms. The first kappa shape index (κ1) is 12.1. The number of aryl methyl sites for hydroxylation is 1. The summed E-state index contributed by atoms with van der Waals surface area (Å²) in [6, 6.07) is 4.24. The summed E-state index contributed by atoms with van der Waals surface area (Å²) in [5, 5.41) is 5.92. The van der Waals surface area contributed by atoms with Crippen molar-refractivity contribution < 1.29 is 9.18 Å². The highest BCUT2D eigenvalue weighted by atomic mass is 19.1. The van der Waals surface area contributed by atoms with E-state index in [-0.39, 0.29) is 17.8 Å². The smallest absolute Gasteiger partial charge is 0.243 e. The van der Waals surface area contributed by atoms with Crippen LogP contribution in [-0.2, 0) is 11.8 Å². The lowest BCUT2D eigenvalue weighted by atomic mass is 10.2. The van der Waals surface area contributed by atoms with E-state index in [0.717, 1.165) is 24.9 Å². The lowest BCUT2D eigenvalue weighted by molar-refractivity contribution is -0.117. The summed E-state index contributed by atoms with van der Waals surface area (Å²) in [6.07, 6.45) is 1.84. The lowest BCUT2D eigenvalue weighted by Crippen LogP contribution is -2.36. The maximum Gasteiger partial charge on any atom is 0.243 e. The van der Waals surface area contributed by atoms with Crippen LogP contribution in [0.15, 0.2) is 18.2 Å². The Hall–Kier alpha value is -1.95. The number of hydrogen-bond acceptors (Lipinski definition) is 3. The molecule has 1 aliphatic rings. The quantitative estimate of drug-likeness (QED) is 0.860. The zero-order chi connectivity index (χ0) is 13.4. The maximum absolute atomic E-state index is 13.1. The Balaban J connectivity index is 1.88. The van der Waals surface area contributed by atoms with Crippen molar-refractivity contribution in [2.75, 3.05) is 11.9 Å². The van der Waals surface area contributed by atoms with Gasteiger partial charge in [0.25, 0.3) is 0 Å². The van der Waals surface area contributed by atoms with Gasteiger partial charge in [-0.2, -0.15) is 0 Å². The molecule has 0 bridgehead atoms. The van der Waals surface area contributed by atoms with Crippen LogP contribution in [0.25, 0.3) is 11.0 Å². The summed E-state index contributed by atoms with van der Waals surface area (Å²) in [6.45, 7) is 0.867. The predicted octanol–water partition coefficient (Wildman–Crippen LogP) is 1.40. The molecular formula is C13H15FN4O. The summed E-state index contributed by atoms with van der Waals surface area (Å²) in [4.78, 5) is 16.3. The Bertz CT molecular complexity index is 631. The second-order valence-electron chi connectivity index (χ2n) is 4.77. The van der Waals surface area contributed by atoms with Gasteiger partial charge in [-0.25, -0.2) is 9.37 Å². The third-order valence-electron chi connectivity index (χ3n) is 3.45. The molecule has 0 saturated carbocycles. The molecule has 2 aromatic rings. The highest BCUT2D eigenvalue weighted by Crippen LogP contribution is 2.19. The summed E-state index contributed by atoms with van der Waals surface area (Å²) in [5.41, 5.74) is 1.33. The van der Waals surface area contributed by atoms with Crippen LogP contribution in [0.3, 0.4) is 0 Å². The molecule has 1 fully saturated rings. The van der Waals surface area contributed by atoms with E-state index < -0.39 is 0 Å². The molecule has 1 aromatic carbocycles. The van der Waals surface area contributed by atoms with E-state index in [2.05, 4.69) is 15.6 Å². The fourth-order valence-corrected chi connectivity index (χ4v) is 2.39. The van der Waals surface area contributed by atoms with Gasteiger partial charge in [-0.1, -0.05) is 0 Å². The van der Waals surface area contributed by atoms with Crippen molar-refractivity contribution in [1.82, 2.24) is 14.9 Å². The van der Waals surface area contributed by atoms with Crippen molar-refractivity contribution in [2.45, 2.75) is 18.9 Å². The van der Waals surface area contributed by atoms with Crippen LogP contribution in [0.5, 0.6) is 0 Å². The molecule has 0 radical (unpaired) electrons. The summed E-state index contributed by atoms with van der Waals surface area (Å²) in [7, 11) is 1.80. The predicted molar refractivity (Wildman–Crippen MR) is 70.3 cm³/mol. The molecule has 2 N–H and O–H groups in total. The number of hydrogen-bond donors (Lipinski definition) is 2. The van der Waals surface area contributed by atoms with Crippen LogP contribution in [0.4, 0.5) is 10.3 Å². The Kier molecular flexibility index (Phi) is 2.94. The number of nitrogens with zero attached hydrogens (tertiary/aromatic N) is 2. The normalized spacial score (nSPS) is 18.9. The SMILES string of the molecule is Cn1c(NC(=O)C2CCCN2)nc2cc(F)ccc21. The van der Waals surface area contributed by atoms with Crippen molar-refractivity contribution in [3.8, 4) is 0 Å². The van der Waals surface area contributed by atoms with Gasteiger partial charge in [0.1, 0.15) is 5.82 Å². The minimum Gasteiger partial charge on any atom is -0.313 e. The van der Waals surface area contributed by atoms with E-state index >= 15 is 0 Å². The molecule has 0 aliphatic carbocycles. The van der Waals surface area contributed by atoms with Gasteiger partial charge in [0.15, 0.2) is 0 Å². The van der Waals surface area contributed by atoms with Crippen molar-refractivity contribution >= 4 is 22.9 Å². The number of benzene rings is 1. The first-order valence-electron chi connectivity index (χ1n) is 6.31. The average molecular weight is 262 g/mol. The van der Waals surface area contributed by atoms with E-state index in [0.29, 0.717) is 11.5 Å². The monoisotopic (exact) mass is 262 g/mol. The number of carbonyl (C=O) groups is 1. The largest absolute Gasteiger partial charge is 0.313 e. The van der Waals surface area contributed by atoms with Crippen LogP contribution in [0.2, 0.25) is 0 Å². The Morgan fingerprint density at radius 2 is 2.42 bits per heavy atom. The number of carbonyl (C=O) groups excluding carboxylic acids is 1. The van der Waals surface area contributed by atoms with Crippen LogP contribution in [-0.4, -0.2) is 28.0 Å². The lowest BCUT2D eigenvalue weighted by Gasteiger charge is -2.10. The average Bonchev–Trinajstić information content (AvgIpc) is 2.99. The number of aromatic nitrogens is 2. The van der Waals surface area contributed by atoms with Gasteiger partial charge < -0.3 is 9.88 Å². The van der Waals surface area contributed by atoms with Crippen molar-refractivity contribution in [3.63, 3.8) is 0 Å². The molecule has 1 unspecified atom stereocenters. The van der Waals surface area contributed by atoms with Gasteiger partial charge in [0.2, 0.25) is 11.9 Å². The molecule has 1 amide bonds. The van der Waals surface area contributed by atoms with Crippen LogP contribution >= 0.6 is 0 Å². The number of fused-ring (bicyclic) bond motifs is 1. The fourth-order valence-electron chi connectivity index (χ4n) is 2.39. The van der Waals surface area contributed by atoms with E-state index in [4.69, 9.17) is 0 Å². The van der Waals surface area contributed by atoms with Crippen molar-refractivity contribution in [1.29, 1.82) is 0 Å². The van der Waals surface area contributed by atoms with Crippen molar-refractivity contribution in [2.24, 2.45) is 7.05 Å². The zero-order valence-corrected chi connectivity index (χ0v) is 10.6. The zero-order valence-electron chi connectivity index (χ0n) is 10.6. The van der Waals surface area contributed by atoms with Gasteiger partial charge in [0.05, 0.1) is 17.1 Å². The Morgan fingerprint density at radius 1 is 1.58 bits per heavy atom. The van der Waals surface area contributed by atoms with E-state index in [1.807, 2.05) is 0 Å². The molecule has 1 aromatic heterocycles. The highest BCUT2D eigenvalue weighted by Gasteiger charge is 2.23. The second-order valence-corrected chi connectivity index (χ2v) is 4.77. The molecule has 6 heteroatoms. The molecular weight excluding hydrogens is 247 g/mol.